The van der Waals surface area contributed by atoms with Crippen LogP contribution in [0, 0.1) is 6.92 Å². The van der Waals surface area contributed by atoms with Gasteiger partial charge in [0.2, 0.25) is 0 Å². The summed E-state index contributed by atoms with van der Waals surface area (Å²) in [4.78, 5) is 17.9. The molecule has 130 valence electrons. The Morgan fingerprint density at radius 3 is 2.56 bits per heavy atom. The van der Waals surface area contributed by atoms with Gasteiger partial charge in [0.15, 0.2) is 5.16 Å². The Balaban J connectivity index is 2.05. The topological polar surface area (TPSA) is 34.9 Å². The van der Waals surface area contributed by atoms with Crippen LogP contribution in [0.5, 0.6) is 0 Å². The minimum Gasteiger partial charge on any atom is -0.268 e. The van der Waals surface area contributed by atoms with Crippen LogP contribution in [0.15, 0.2) is 58.5 Å². The van der Waals surface area contributed by atoms with Gasteiger partial charge in [-0.25, -0.2) is 4.98 Å². The molecule has 0 N–H and O–H groups in total. The summed E-state index contributed by atoms with van der Waals surface area (Å²) in [7, 11) is 0. The maximum atomic E-state index is 13.1. The molecule has 0 aliphatic carbocycles. The number of hydrogen-bond donors (Lipinski definition) is 0. The van der Waals surface area contributed by atoms with E-state index in [0.29, 0.717) is 5.39 Å². The van der Waals surface area contributed by atoms with Gasteiger partial charge < -0.3 is 0 Å². The summed E-state index contributed by atoms with van der Waals surface area (Å²) in [6.45, 7) is 4.25. The number of fused-ring (bicyclic) bond motifs is 1. The summed E-state index contributed by atoms with van der Waals surface area (Å²) in [5, 5.41) is 1.45. The first-order chi connectivity index (χ1) is 12.2. The van der Waals surface area contributed by atoms with Crippen LogP contribution >= 0.6 is 11.8 Å². The zero-order valence-corrected chi connectivity index (χ0v) is 15.7. The van der Waals surface area contributed by atoms with Gasteiger partial charge in [0.1, 0.15) is 0 Å². The fraction of sp³-hybridized carbons (Fsp3) is 0.333. The molecule has 3 nitrogen and oxygen atoms in total. The van der Waals surface area contributed by atoms with Crippen molar-refractivity contribution in [2.45, 2.75) is 44.7 Å². The third-order valence-corrected chi connectivity index (χ3v) is 5.36. The van der Waals surface area contributed by atoms with E-state index in [1.54, 1.807) is 16.3 Å². The third kappa shape index (κ3) is 3.96. The van der Waals surface area contributed by atoms with Gasteiger partial charge in [-0.15, -0.1) is 0 Å². The van der Waals surface area contributed by atoms with Crippen molar-refractivity contribution in [1.29, 1.82) is 0 Å². The molecule has 0 atom stereocenters. The molecule has 0 amide bonds. The van der Waals surface area contributed by atoms with Crippen molar-refractivity contribution in [2.24, 2.45) is 0 Å². The van der Waals surface area contributed by atoms with E-state index in [1.807, 2.05) is 55.5 Å². The second-order valence-corrected chi connectivity index (χ2v) is 7.31. The minimum atomic E-state index is 0.0101. The van der Waals surface area contributed by atoms with Gasteiger partial charge >= 0.3 is 0 Å². The Kier molecular flexibility index (Phi) is 5.92. The Bertz CT molecular complexity index is 917. The lowest BCUT2D eigenvalue weighted by Gasteiger charge is -2.15. The van der Waals surface area contributed by atoms with Crippen LogP contribution in [0.3, 0.4) is 0 Å². The first kappa shape index (κ1) is 17.7. The molecule has 0 spiro atoms. The summed E-state index contributed by atoms with van der Waals surface area (Å²) in [6.07, 6.45) is 4.86. The number of hydrogen-bond acceptors (Lipinski definition) is 3. The molecule has 4 heteroatoms. The first-order valence-electron chi connectivity index (χ1n) is 8.93. The molecule has 0 unspecified atom stereocenters. The lowest BCUT2D eigenvalue weighted by Crippen LogP contribution is -2.22. The molecule has 3 rings (SSSR count). The van der Waals surface area contributed by atoms with E-state index in [-0.39, 0.29) is 5.56 Å². The fourth-order valence-electron chi connectivity index (χ4n) is 2.93. The number of benzene rings is 2. The Morgan fingerprint density at radius 1 is 1.00 bits per heavy atom. The highest BCUT2D eigenvalue weighted by atomic mass is 32.2. The molecule has 0 aliphatic rings. The number of aryl methyl sites for hydroxylation is 1. The quantitative estimate of drug-likeness (QED) is 0.326. The smallest absolute Gasteiger partial charge is 0.266 e. The van der Waals surface area contributed by atoms with Gasteiger partial charge in [-0.2, -0.15) is 0 Å². The van der Waals surface area contributed by atoms with Crippen molar-refractivity contribution in [1.82, 2.24) is 9.55 Å². The maximum Gasteiger partial charge on any atom is 0.266 e. The van der Waals surface area contributed by atoms with Gasteiger partial charge in [0.25, 0.3) is 5.56 Å². The average Bonchev–Trinajstić information content (AvgIpc) is 2.63. The van der Waals surface area contributed by atoms with Gasteiger partial charge in [-0.1, -0.05) is 68.3 Å². The summed E-state index contributed by atoms with van der Waals surface area (Å²) in [6, 6.07) is 15.6. The minimum absolute atomic E-state index is 0.0101. The molecular weight excluding hydrogens is 328 g/mol. The van der Waals surface area contributed by atoms with Crippen molar-refractivity contribution in [2.75, 3.05) is 5.75 Å². The van der Waals surface area contributed by atoms with Crippen molar-refractivity contribution in [3.63, 3.8) is 0 Å². The normalized spacial score (nSPS) is 11.1. The van der Waals surface area contributed by atoms with Crippen molar-refractivity contribution >= 4 is 22.7 Å². The van der Waals surface area contributed by atoms with E-state index in [1.165, 1.54) is 19.3 Å². The Labute approximate surface area is 153 Å². The standard InChI is InChI=1S/C21H24N2OS/c1-3-4-5-10-15-25-21-22-18-13-8-7-12-17(18)20(24)23(21)19-14-9-6-11-16(19)2/h6-9,11-14H,3-5,10,15H2,1-2H3. The van der Waals surface area contributed by atoms with Gasteiger partial charge in [-0.05, 0) is 37.1 Å². The SMILES string of the molecule is CCCCCCSc1nc2ccccc2c(=O)n1-c1ccccc1C. The predicted octanol–water partition coefficient (Wildman–Crippen LogP) is 5.37. The highest BCUT2D eigenvalue weighted by molar-refractivity contribution is 7.99. The zero-order chi connectivity index (χ0) is 17.6. The second-order valence-electron chi connectivity index (χ2n) is 6.25. The van der Waals surface area contributed by atoms with Crippen LogP contribution < -0.4 is 5.56 Å². The van der Waals surface area contributed by atoms with Crippen LogP contribution in [0.2, 0.25) is 0 Å². The highest BCUT2D eigenvalue weighted by Gasteiger charge is 2.14. The molecular formula is C21H24N2OS. The Morgan fingerprint density at radius 2 is 1.76 bits per heavy atom. The third-order valence-electron chi connectivity index (χ3n) is 4.33. The number of thioether (sulfide) groups is 1. The fourth-order valence-corrected chi connectivity index (χ4v) is 3.93. The van der Waals surface area contributed by atoms with Gasteiger partial charge in [0.05, 0.1) is 16.6 Å². The van der Waals surface area contributed by atoms with Crippen LogP contribution in [0.1, 0.15) is 38.2 Å². The monoisotopic (exact) mass is 352 g/mol. The Hall–Kier alpha value is -2.07. The second kappa shape index (κ2) is 8.34. The van der Waals surface area contributed by atoms with E-state index in [4.69, 9.17) is 4.98 Å². The first-order valence-corrected chi connectivity index (χ1v) is 9.91. The van der Waals surface area contributed by atoms with Crippen LogP contribution in [-0.4, -0.2) is 15.3 Å². The van der Waals surface area contributed by atoms with Gasteiger partial charge in [-0.3, -0.25) is 9.36 Å². The van der Waals surface area contributed by atoms with Crippen LogP contribution in [-0.2, 0) is 0 Å². The van der Waals surface area contributed by atoms with E-state index in [0.717, 1.165) is 34.1 Å². The number of aromatic nitrogens is 2. The van der Waals surface area contributed by atoms with E-state index in [9.17, 15) is 4.79 Å². The molecule has 1 heterocycles. The highest BCUT2D eigenvalue weighted by Crippen LogP contribution is 2.24. The molecule has 0 radical (unpaired) electrons. The summed E-state index contributed by atoms with van der Waals surface area (Å²) in [5.74, 6) is 0.983. The number of para-hydroxylation sites is 2. The molecule has 1 aromatic heterocycles. The van der Waals surface area contributed by atoms with Crippen LogP contribution in [0.25, 0.3) is 16.6 Å². The van der Waals surface area contributed by atoms with Crippen molar-refractivity contribution in [3.05, 3.63) is 64.4 Å². The maximum absolute atomic E-state index is 13.1. The molecule has 0 bridgehead atoms. The molecule has 3 aromatic rings. The summed E-state index contributed by atoms with van der Waals surface area (Å²) >= 11 is 1.68. The van der Waals surface area contributed by atoms with Crippen molar-refractivity contribution in [3.8, 4) is 5.69 Å². The molecule has 0 saturated heterocycles. The number of unbranched alkanes of at least 4 members (excludes halogenated alkanes) is 3. The van der Waals surface area contributed by atoms with E-state index >= 15 is 0 Å². The summed E-state index contributed by atoms with van der Waals surface area (Å²) < 4.78 is 1.78. The van der Waals surface area contributed by atoms with E-state index < -0.39 is 0 Å². The number of rotatable bonds is 7. The largest absolute Gasteiger partial charge is 0.268 e. The summed E-state index contributed by atoms with van der Waals surface area (Å²) in [5.41, 5.74) is 2.78. The lowest BCUT2D eigenvalue weighted by atomic mass is 10.2. The average molecular weight is 353 g/mol. The molecule has 25 heavy (non-hydrogen) atoms. The molecule has 2 aromatic carbocycles. The molecule has 0 fully saturated rings. The van der Waals surface area contributed by atoms with Crippen molar-refractivity contribution < 1.29 is 0 Å². The zero-order valence-electron chi connectivity index (χ0n) is 14.9. The molecule has 0 aliphatic heterocycles. The van der Waals surface area contributed by atoms with Gasteiger partial charge in [0, 0.05) is 5.75 Å². The van der Waals surface area contributed by atoms with Crippen LogP contribution in [0.4, 0.5) is 0 Å². The van der Waals surface area contributed by atoms with E-state index in [2.05, 4.69) is 6.92 Å². The molecule has 0 saturated carbocycles. The lowest BCUT2D eigenvalue weighted by molar-refractivity contribution is 0.705. The number of nitrogens with zero attached hydrogens (tertiary/aromatic N) is 2. The predicted molar refractivity (Wildman–Crippen MR) is 107 cm³/mol.